The third-order valence-electron chi connectivity index (χ3n) is 6.24. The molecule has 2 heterocycles. The highest BCUT2D eigenvalue weighted by Gasteiger charge is 2.27. The predicted molar refractivity (Wildman–Crippen MR) is 124 cm³/mol. The SMILES string of the molecule is O=C(c1ccc(Cl)cc1)c1ccccc1C(=O)N1CCN(CC(=O)N2CCCCC2)CC1. The third-order valence-corrected chi connectivity index (χ3v) is 6.49. The Hall–Kier alpha value is -2.70. The topological polar surface area (TPSA) is 60.9 Å². The van der Waals surface area contributed by atoms with E-state index in [4.69, 9.17) is 11.6 Å². The van der Waals surface area contributed by atoms with E-state index in [0.717, 1.165) is 25.9 Å². The van der Waals surface area contributed by atoms with E-state index in [0.29, 0.717) is 54.4 Å². The van der Waals surface area contributed by atoms with Crippen molar-refractivity contribution in [3.63, 3.8) is 0 Å². The number of ketones is 1. The highest BCUT2D eigenvalue weighted by Crippen LogP contribution is 2.19. The first kappa shape index (κ1) is 22.5. The summed E-state index contributed by atoms with van der Waals surface area (Å²) in [5, 5.41) is 0.558. The number of likely N-dealkylation sites (tertiary alicyclic amines) is 1. The summed E-state index contributed by atoms with van der Waals surface area (Å²) >= 11 is 5.93. The predicted octanol–water partition coefficient (Wildman–Crippen LogP) is 3.34. The minimum absolute atomic E-state index is 0.148. The minimum atomic E-state index is -0.198. The standard InChI is InChI=1S/C25H28ClN3O3/c26-20-10-8-19(9-11-20)24(31)21-6-2-3-7-22(21)25(32)29-16-14-27(15-17-29)18-23(30)28-12-4-1-5-13-28/h2-3,6-11H,1,4-5,12-18H2. The number of benzene rings is 2. The summed E-state index contributed by atoms with van der Waals surface area (Å²) < 4.78 is 0. The van der Waals surface area contributed by atoms with Crippen molar-refractivity contribution in [2.24, 2.45) is 0 Å². The Balaban J connectivity index is 1.39. The lowest BCUT2D eigenvalue weighted by Gasteiger charge is -2.36. The molecule has 0 spiro atoms. The van der Waals surface area contributed by atoms with Gasteiger partial charge in [0.05, 0.1) is 12.1 Å². The lowest BCUT2D eigenvalue weighted by molar-refractivity contribution is -0.133. The molecule has 0 atom stereocenters. The Morgan fingerprint density at radius 2 is 1.34 bits per heavy atom. The normalized spacial score (nSPS) is 17.3. The fraction of sp³-hybridized carbons (Fsp3) is 0.400. The molecular formula is C25H28ClN3O3. The summed E-state index contributed by atoms with van der Waals surface area (Å²) in [7, 11) is 0. The van der Waals surface area contributed by atoms with Crippen LogP contribution in [0, 0.1) is 0 Å². The largest absolute Gasteiger partial charge is 0.342 e. The number of piperazine rings is 1. The molecule has 2 aliphatic heterocycles. The second-order valence-electron chi connectivity index (χ2n) is 8.39. The molecule has 0 aliphatic carbocycles. The van der Waals surface area contributed by atoms with Gasteiger partial charge in [-0.05, 0) is 49.6 Å². The number of hydrogen-bond acceptors (Lipinski definition) is 4. The van der Waals surface area contributed by atoms with E-state index < -0.39 is 0 Å². The van der Waals surface area contributed by atoms with Crippen LogP contribution in [0.3, 0.4) is 0 Å². The molecule has 2 fully saturated rings. The van der Waals surface area contributed by atoms with Gasteiger partial charge in [0.15, 0.2) is 5.78 Å². The molecule has 4 rings (SSSR count). The molecule has 0 bridgehead atoms. The van der Waals surface area contributed by atoms with E-state index in [9.17, 15) is 14.4 Å². The summed E-state index contributed by atoms with van der Waals surface area (Å²) in [6, 6.07) is 13.6. The van der Waals surface area contributed by atoms with Gasteiger partial charge in [0.25, 0.3) is 5.91 Å². The van der Waals surface area contributed by atoms with Gasteiger partial charge in [-0.1, -0.05) is 29.8 Å². The molecule has 7 heteroatoms. The molecule has 2 aromatic carbocycles. The van der Waals surface area contributed by atoms with E-state index in [-0.39, 0.29) is 17.6 Å². The monoisotopic (exact) mass is 453 g/mol. The number of rotatable bonds is 5. The summed E-state index contributed by atoms with van der Waals surface area (Å²) in [6.45, 7) is 4.50. The van der Waals surface area contributed by atoms with Crippen molar-refractivity contribution < 1.29 is 14.4 Å². The summed E-state index contributed by atoms with van der Waals surface area (Å²) in [5.74, 6) is -0.162. The lowest BCUT2D eigenvalue weighted by Crippen LogP contribution is -2.52. The van der Waals surface area contributed by atoms with Crippen molar-refractivity contribution in [2.75, 3.05) is 45.8 Å². The average molecular weight is 454 g/mol. The zero-order valence-corrected chi connectivity index (χ0v) is 18.9. The molecule has 6 nitrogen and oxygen atoms in total. The minimum Gasteiger partial charge on any atom is -0.342 e. The Kier molecular flexibility index (Phi) is 7.22. The van der Waals surface area contributed by atoms with Crippen LogP contribution < -0.4 is 0 Å². The van der Waals surface area contributed by atoms with Crippen LogP contribution in [-0.2, 0) is 4.79 Å². The maximum atomic E-state index is 13.2. The Bertz CT molecular complexity index is 978. The van der Waals surface area contributed by atoms with Gasteiger partial charge >= 0.3 is 0 Å². The molecule has 2 saturated heterocycles. The van der Waals surface area contributed by atoms with Crippen molar-refractivity contribution in [1.29, 1.82) is 0 Å². The third kappa shape index (κ3) is 5.19. The second kappa shape index (κ2) is 10.3. The van der Waals surface area contributed by atoms with Crippen LogP contribution >= 0.6 is 11.6 Å². The molecule has 0 N–H and O–H groups in total. The van der Waals surface area contributed by atoms with E-state index in [1.165, 1.54) is 6.42 Å². The smallest absolute Gasteiger partial charge is 0.254 e. The van der Waals surface area contributed by atoms with Crippen LogP contribution in [-0.4, -0.2) is 78.1 Å². The second-order valence-corrected chi connectivity index (χ2v) is 8.83. The van der Waals surface area contributed by atoms with Crippen molar-refractivity contribution in [3.8, 4) is 0 Å². The van der Waals surface area contributed by atoms with Gasteiger partial charge in [-0.3, -0.25) is 19.3 Å². The molecule has 0 unspecified atom stereocenters. The fourth-order valence-electron chi connectivity index (χ4n) is 4.34. The molecule has 2 aromatic rings. The maximum Gasteiger partial charge on any atom is 0.254 e. The zero-order chi connectivity index (χ0) is 22.5. The molecule has 2 aliphatic rings. The van der Waals surface area contributed by atoms with E-state index in [2.05, 4.69) is 4.90 Å². The van der Waals surface area contributed by atoms with Crippen molar-refractivity contribution in [1.82, 2.24) is 14.7 Å². The number of hydrogen-bond donors (Lipinski definition) is 0. The Morgan fingerprint density at radius 3 is 2.00 bits per heavy atom. The van der Waals surface area contributed by atoms with Crippen LogP contribution in [0.4, 0.5) is 0 Å². The number of nitrogens with zero attached hydrogens (tertiary/aromatic N) is 3. The number of halogens is 1. The highest BCUT2D eigenvalue weighted by atomic mass is 35.5. The van der Waals surface area contributed by atoms with Crippen LogP contribution in [0.15, 0.2) is 48.5 Å². The maximum absolute atomic E-state index is 13.2. The van der Waals surface area contributed by atoms with Gasteiger partial charge in [-0.25, -0.2) is 0 Å². The van der Waals surface area contributed by atoms with E-state index in [1.54, 1.807) is 53.4 Å². The van der Waals surface area contributed by atoms with Gasteiger partial charge in [-0.2, -0.15) is 0 Å². The number of carbonyl (C=O) groups excluding carboxylic acids is 3. The quantitative estimate of drug-likeness (QED) is 0.651. The van der Waals surface area contributed by atoms with Crippen molar-refractivity contribution in [2.45, 2.75) is 19.3 Å². The average Bonchev–Trinajstić information content (AvgIpc) is 2.84. The fourth-order valence-corrected chi connectivity index (χ4v) is 4.46. The first-order valence-corrected chi connectivity index (χ1v) is 11.6. The number of piperidine rings is 1. The van der Waals surface area contributed by atoms with Gasteiger partial charge in [0.1, 0.15) is 0 Å². The van der Waals surface area contributed by atoms with E-state index >= 15 is 0 Å². The molecule has 0 aromatic heterocycles. The Labute approximate surface area is 193 Å². The molecule has 168 valence electrons. The van der Waals surface area contributed by atoms with Crippen molar-refractivity contribution >= 4 is 29.2 Å². The molecule has 32 heavy (non-hydrogen) atoms. The molecule has 0 saturated carbocycles. The van der Waals surface area contributed by atoms with Crippen LogP contribution in [0.2, 0.25) is 5.02 Å². The lowest BCUT2D eigenvalue weighted by atomic mass is 9.97. The number of amides is 2. The van der Waals surface area contributed by atoms with Gasteiger partial charge in [-0.15, -0.1) is 0 Å². The van der Waals surface area contributed by atoms with E-state index in [1.807, 2.05) is 4.90 Å². The summed E-state index contributed by atoms with van der Waals surface area (Å²) in [6.07, 6.45) is 3.37. The van der Waals surface area contributed by atoms with Crippen LogP contribution in [0.5, 0.6) is 0 Å². The summed E-state index contributed by atoms with van der Waals surface area (Å²) in [5.41, 5.74) is 1.29. The van der Waals surface area contributed by atoms with Gasteiger partial charge in [0, 0.05) is 55.4 Å². The highest BCUT2D eigenvalue weighted by molar-refractivity contribution is 6.30. The summed E-state index contributed by atoms with van der Waals surface area (Å²) in [4.78, 5) is 44.7. The Morgan fingerprint density at radius 1 is 0.719 bits per heavy atom. The van der Waals surface area contributed by atoms with Gasteiger partial charge in [0.2, 0.25) is 5.91 Å². The van der Waals surface area contributed by atoms with Crippen LogP contribution in [0.25, 0.3) is 0 Å². The molecule has 2 amide bonds. The first-order chi connectivity index (χ1) is 15.5. The first-order valence-electron chi connectivity index (χ1n) is 11.2. The van der Waals surface area contributed by atoms with Crippen LogP contribution in [0.1, 0.15) is 45.5 Å². The molecular weight excluding hydrogens is 426 g/mol. The zero-order valence-electron chi connectivity index (χ0n) is 18.1. The molecule has 0 radical (unpaired) electrons. The number of carbonyl (C=O) groups is 3. The van der Waals surface area contributed by atoms with Gasteiger partial charge < -0.3 is 9.80 Å². The van der Waals surface area contributed by atoms with Crippen molar-refractivity contribution in [3.05, 3.63) is 70.2 Å².